The van der Waals surface area contributed by atoms with Crippen molar-refractivity contribution < 1.29 is 9.47 Å². The van der Waals surface area contributed by atoms with Crippen LogP contribution in [-0.2, 0) is 4.74 Å². The first kappa shape index (κ1) is 9.55. The lowest BCUT2D eigenvalue weighted by Gasteiger charge is -2.05. The maximum Gasteiger partial charge on any atom is 0.134 e. The zero-order valence-electron chi connectivity index (χ0n) is 6.84. The van der Waals surface area contributed by atoms with E-state index >= 15 is 0 Å². The molecule has 65 valence electrons. The van der Waals surface area contributed by atoms with Crippen molar-refractivity contribution in [2.24, 2.45) is 0 Å². The third kappa shape index (κ3) is 2.83. The van der Waals surface area contributed by atoms with Crippen LogP contribution >= 0.6 is 15.9 Å². The molecule has 0 aliphatic carbocycles. The van der Waals surface area contributed by atoms with Crippen molar-refractivity contribution >= 4 is 15.9 Å². The lowest BCUT2D eigenvalue weighted by molar-refractivity contribution is 0.146. The van der Waals surface area contributed by atoms with Gasteiger partial charge in [0.2, 0.25) is 0 Å². The van der Waals surface area contributed by atoms with Gasteiger partial charge in [-0.3, -0.25) is 0 Å². The number of rotatable bonds is 4. The van der Waals surface area contributed by atoms with Gasteiger partial charge in [0.25, 0.3) is 0 Å². The maximum absolute atomic E-state index is 5.37. The summed E-state index contributed by atoms with van der Waals surface area (Å²) in [6, 6.07) is 8.57. The van der Waals surface area contributed by atoms with Crippen molar-refractivity contribution in [3.63, 3.8) is 0 Å². The van der Waals surface area contributed by atoms with E-state index in [2.05, 4.69) is 22.0 Å². The molecule has 1 aromatic carbocycles. The summed E-state index contributed by atoms with van der Waals surface area (Å²) in [6.07, 6.45) is 0. The molecular weight excluding hydrogens is 220 g/mol. The molecule has 2 nitrogen and oxygen atoms in total. The largest absolute Gasteiger partial charge is 0.490 e. The second-order valence-corrected chi connectivity index (χ2v) is 2.98. The Kier molecular flexibility index (Phi) is 4.11. The van der Waals surface area contributed by atoms with Gasteiger partial charge in [0, 0.05) is 13.2 Å². The molecule has 0 amide bonds. The van der Waals surface area contributed by atoms with E-state index in [9.17, 15) is 0 Å². The topological polar surface area (TPSA) is 18.5 Å². The van der Waals surface area contributed by atoms with E-state index in [-0.39, 0.29) is 0 Å². The van der Waals surface area contributed by atoms with Gasteiger partial charge in [0.1, 0.15) is 12.4 Å². The summed E-state index contributed by atoms with van der Waals surface area (Å²) in [6.45, 7) is 1.16. The Morgan fingerprint density at radius 3 is 3.00 bits per heavy atom. The molecule has 0 saturated heterocycles. The fourth-order valence-corrected chi connectivity index (χ4v) is 1.13. The first-order valence-corrected chi connectivity index (χ1v) is 4.42. The molecule has 0 aliphatic rings. The van der Waals surface area contributed by atoms with Crippen LogP contribution in [0.5, 0.6) is 5.75 Å². The first-order valence-electron chi connectivity index (χ1n) is 3.62. The number of hydrogen-bond donors (Lipinski definition) is 0. The van der Waals surface area contributed by atoms with E-state index < -0.39 is 0 Å². The Bertz CT molecular complexity index is 238. The van der Waals surface area contributed by atoms with E-state index in [1.165, 1.54) is 0 Å². The highest BCUT2D eigenvalue weighted by Gasteiger charge is 1.97. The number of halogens is 1. The SMILES string of the molecule is COCCOc1ccc[c]c1Br. The Hall–Kier alpha value is -0.540. The van der Waals surface area contributed by atoms with Gasteiger partial charge >= 0.3 is 0 Å². The van der Waals surface area contributed by atoms with E-state index in [4.69, 9.17) is 9.47 Å². The monoisotopic (exact) mass is 229 g/mol. The molecule has 1 rings (SSSR count). The standard InChI is InChI=1S/C9H10BrO2/c1-11-6-7-12-9-5-3-2-4-8(9)10/h2-3,5H,6-7H2,1H3. The minimum atomic E-state index is 0.562. The molecule has 0 unspecified atom stereocenters. The highest BCUT2D eigenvalue weighted by Crippen LogP contribution is 2.22. The van der Waals surface area contributed by atoms with E-state index in [1.54, 1.807) is 7.11 Å². The van der Waals surface area contributed by atoms with Crippen molar-refractivity contribution in [3.8, 4) is 5.75 Å². The zero-order valence-corrected chi connectivity index (χ0v) is 8.43. The third-order valence-electron chi connectivity index (χ3n) is 1.32. The molecule has 0 saturated carbocycles. The van der Waals surface area contributed by atoms with Crippen LogP contribution in [0.15, 0.2) is 22.7 Å². The third-order valence-corrected chi connectivity index (χ3v) is 1.93. The Labute approximate surface area is 80.6 Å². The molecule has 0 atom stereocenters. The molecule has 0 spiro atoms. The van der Waals surface area contributed by atoms with Crippen LogP contribution in [0.4, 0.5) is 0 Å². The molecule has 12 heavy (non-hydrogen) atoms. The van der Waals surface area contributed by atoms with Gasteiger partial charge in [-0.15, -0.1) is 0 Å². The summed E-state index contributed by atoms with van der Waals surface area (Å²) in [4.78, 5) is 0. The normalized spacial score (nSPS) is 9.83. The molecule has 0 aliphatic heterocycles. The fourth-order valence-electron chi connectivity index (χ4n) is 0.748. The summed E-state index contributed by atoms with van der Waals surface area (Å²) in [5.74, 6) is 0.801. The van der Waals surface area contributed by atoms with Crippen LogP contribution in [0.2, 0.25) is 0 Å². The molecule has 0 bridgehead atoms. The predicted molar refractivity (Wildman–Crippen MR) is 50.3 cm³/mol. The highest BCUT2D eigenvalue weighted by molar-refractivity contribution is 9.10. The lowest BCUT2D eigenvalue weighted by Crippen LogP contribution is -2.04. The Balaban J connectivity index is 2.46. The summed E-state index contributed by atoms with van der Waals surface area (Å²) >= 11 is 3.33. The van der Waals surface area contributed by atoms with E-state index in [0.29, 0.717) is 13.2 Å². The van der Waals surface area contributed by atoms with E-state index in [1.807, 2.05) is 18.2 Å². The number of hydrogen-bond acceptors (Lipinski definition) is 2. The van der Waals surface area contributed by atoms with Crippen LogP contribution in [0.1, 0.15) is 0 Å². The molecule has 0 fully saturated rings. The summed E-state index contributed by atoms with van der Waals surface area (Å²) in [5.41, 5.74) is 0. The summed E-state index contributed by atoms with van der Waals surface area (Å²) in [7, 11) is 1.65. The fraction of sp³-hybridized carbons (Fsp3) is 0.333. The quantitative estimate of drug-likeness (QED) is 0.738. The van der Waals surface area contributed by atoms with Crippen LogP contribution in [0.25, 0.3) is 0 Å². The van der Waals surface area contributed by atoms with Crippen LogP contribution in [0, 0.1) is 6.07 Å². The average Bonchev–Trinajstić information content (AvgIpc) is 2.09. The van der Waals surface area contributed by atoms with Gasteiger partial charge in [-0.05, 0) is 22.0 Å². The van der Waals surface area contributed by atoms with Crippen molar-refractivity contribution in [1.29, 1.82) is 0 Å². The van der Waals surface area contributed by atoms with E-state index in [0.717, 1.165) is 10.2 Å². The second kappa shape index (κ2) is 5.17. The lowest BCUT2D eigenvalue weighted by atomic mass is 10.3. The molecule has 1 radical (unpaired) electrons. The van der Waals surface area contributed by atoms with Gasteiger partial charge in [-0.1, -0.05) is 12.1 Å². The van der Waals surface area contributed by atoms with Gasteiger partial charge in [0.05, 0.1) is 11.1 Å². The predicted octanol–water partition coefficient (Wildman–Crippen LogP) is 2.27. The van der Waals surface area contributed by atoms with Crippen LogP contribution in [0.3, 0.4) is 0 Å². The van der Waals surface area contributed by atoms with Gasteiger partial charge in [-0.2, -0.15) is 0 Å². The van der Waals surface area contributed by atoms with Crippen molar-refractivity contribution in [2.75, 3.05) is 20.3 Å². The Morgan fingerprint density at radius 1 is 1.50 bits per heavy atom. The number of benzene rings is 1. The molecule has 1 aromatic rings. The van der Waals surface area contributed by atoms with Crippen molar-refractivity contribution in [3.05, 3.63) is 28.7 Å². The molecular formula is C9H10BrO2. The number of methoxy groups -OCH3 is 1. The Morgan fingerprint density at radius 2 is 2.33 bits per heavy atom. The smallest absolute Gasteiger partial charge is 0.134 e. The van der Waals surface area contributed by atoms with Gasteiger partial charge in [0.15, 0.2) is 0 Å². The van der Waals surface area contributed by atoms with Crippen molar-refractivity contribution in [2.45, 2.75) is 0 Å². The second-order valence-electron chi connectivity index (χ2n) is 2.19. The molecule has 0 N–H and O–H groups in total. The zero-order chi connectivity index (χ0) is 8.81. The van der Waals surface area contributed by atoms with Gasteiger partial charge < -0.3 is 9.47 Å². The average molecular weight is 230 g/mol. The minimum absolute atomic E-state index is 0.562. The molecule has 3 heteroatoms. The minimum Gasteiger partial charge on any atom is -0.490 e. The first-order chi connectivity index (χ1) is 5.84. The summed E-state index contributed by atoms with van der Waals surface area (Å²) < 4.78 is 11.1. The van der Waals surface area contributed by atoms with Crippen LogP contribution in [-0.4, -0.2) is 20.3 Å². The summed E-state index contributed by atoms with van der Waals surface area (Å²) in [5, 5.41) is 0. The van der Waals surface area contributed by atoms with Gasteiger partial charge in [-0.25, -0.2) is 0 Å². The van der Waals surface area contributed by atoms with Crippen molar-refractivity contribution in [1.82, 2.24) is 0 Å². The maximum atomic E-state index is 5.37. The van der Waals surface area contributed by atoms with Crippen LogP contribution < -0.4 is 4.74 Å². The number of ether oxygens (including phenoxy) is 2. The molecule has 0 aromatic heterocycles. The molecule has 0 heterocycles. The highest BCUT2D eigenvalue weighted by atomic mass is 79.9.